The minimum Gasteiger partial charge on any atom is -0.364 e. The third-order valence-corrected chi connectivity index (χ3v) is 6.36. The van der Waals surface area contributed by atoms with Crippen LogP contribution in [0.15, 0.2) is 42.9 Å². The number of hydrogen-bond acceptors (Lipinski definition) is 6. The van der Waals surface area contributed by atoms with Crippen molar-refractivity contribution in [1.29, 1.82) is 0 Å². The van der Waals surface area contributed by atoms with E-state index in [2.05, 4.69) is 20.3 Å². The maximum absolute atomic E-state index is 12.8. The van der Waals surface area contributed by atoms with Crippen molar-refractivity contribution >= 4 is 26.7 Å². The standard InChI is InChI=1S/C18H15F3N4O2S/c19-18(20,21)12-3-1-11(2-4-12)14-9-24-17(16-15(14)22-6-7-23-16)25-13-5-8-28(26,27)10-13/h1-4,6-7,9,13H,5,8,10H2,(H,24,25)/t13-/m1/s1. The molecule has 0 radical (unpaired) electrons. The maximum atomic E-state index is 12.8. The van der Waals surface area contributed by atoms with Crippen molar-refractivity contribution in [3.63, 3.8) is 0 Å². The zero-order valence-electron chi connectivity index (χ0n) is 14.4. The number of pyridine rings is 1. The number of hydrogen-bond donors (Lipinski definition) is 1. The van der Waals surface area contributed by atoms with Crippen molar-refractivity contribution in [1.82, 2.24) is 15.0 Å². The molecule has 1 aliphatic heterocycles. The van der Waals surface area contributed by atoms with E-state index in [0.29, 0.717) is 34.4 Å². The van der Waals surface area contributed by atoms with Gasteiger partial charge in [0.2, 0.25) is 0 Å². The van der Waals surface area contributed by atoms with Gasteiger partial charge in [0.25, 0.3) is 0 Å². The molecule has 1 N–H and O–H groups in total. The summed E-state index contributed by atoms with van der Waals surface area (Å²) in [6.45, 7) is 0. The molecule has 2 aromatic heterocycles. The molecule has 1 aromatic carbocycles. The van der Waals surface area contributed by atoms with E-state index >= 15 is 0 Å². The first kappa shape index (κ1) is 18.6. The third-order valence-electron chi connectivity index (χ3n) is 4.60. The van der Waals surface area contributed by atoms with E-state index in [4.69, 9.17) is 0 Å². The summed E-state index contributed by atoms with van der Waals surface area (Å²) in [5.74, 6) is 0.551. The lowest BCUT2D eigenvalue weighted by Gasteiger charge is -2.14. The van der Waals surface area contributed by atoms with E-state index in [0.717, 1.165) is 12.1 Å². The van der Waals surface area contributed by atoms with Gasteiger partial charge in [-0.15, -0.1) is 0 Å². The van der Waals surface area contributed by atoms with Gasteiger partial charge in [-0.2, -0.15) is 13.2 Å². The summed E-state index contributed by atoms with van der Waals surface area (Å²) in [7, 11) is -3.05. The van der Waals surface area contributed by atoms with E-state index in [9.17, 15) is 21.6 Å². The Morgan fingerprint density at radius 1 is 1.00 bits per heavy atom. The number of aromatic nitrogens is 3. The first-order valence-electron chi connectivity index (χ1n) is 8.47. The van der Waals surface area contributed by atoms with E-state index in [1.165, 1.54) is 30.7 Å². The first-order chi connectivity index (χ1) is 13.2. The number of halogens is 3. The number of sulfone groups is 1. The summed E-state index contributed by atoms with van der Waals surface area (Å²) in [5.41, 5.74) is 1.24. The van der Waals surface area contributed by atoms with Gasteiger partial charge in [-0.3, -0.25) is 4.98 Å². The van der Waals surface area contributed by atoms with Crippen LogP contribution in [0.25, 0.3) is 22.2 Å². The fourth-order valence-corrected chi connectivity index (χ4v) is 4.89. The predicted octanol–water partition coefficient (Wildman–Crippen LogP) is 3.31. The Hall–Kier alpha value is -2.75. The Morgan fingerprint density at radius 3 is 2.29 bits per heavy atom. The Balaban J connectivity index is 1.72. The number of nitrogens with zero attached hydrogens (tertiary/aromatic N) is 3. The van der Waals surface area contributed by atoms with Gasteiger partial charge in [0.1, 0.15) is 11.0 Å². The molecule has 1 aliphatic rings. The molecule has 0 spiro atoms. The predicted molar refractivity (Wildman–Crippen MR) is 98.5 cm³/mol. The minimum atomic E-state index is -4.41. The average Bonchev–Trinajstić information content (AvgIpc) is 3.00. The van der Waals surface area contributed by atoms with Crippen molar-refractivity contribution < 1.29 is 21.6 Å². The van der Waals surface area contributed by atoms with Crippen LogP contribution in [0.4, 0.5) is 19.0 Å². The number of benzene rings is 1. The van der Waals surface area contributed by atoms with Crippen molar-refractivity contribution in [3.05, 3.63) is 48.4 Å². The second kappa shape index (κ2) is 6.69. The molecular formula is C18H15F3N4O2S. The van der Waals surface area contributed by atoms with Gasteiger partial charge in [-0.05, 0) is 24.1 Å². The van der Waals surface area contributed by atoms with Gasteiger partial charge in [0, 0.05) is 30.2 Å². The number of fused-ring (bicyclic) bond motifs is 1. The minimum absolute atomic E-state index is 0.0249. The summed E-state index contributed by atoms with van der Waals surface area (Å²) < 4.78 is 61.7. The maximum Gasteiger partial charge on any atom is 0.416 e. The van der Waals surface area contributed by atoms with Crippen LogP contribution >= 0.6 is 0 Å². The van der Waals surface area contributed by atoms with E-state index in [1.54, 1.807) is 0 Å². The SMILES string of the molecule is O=S1(=O)CC[C@@H](Nc2ncc(-c3ccc(C(F)(F)F)cc3)c3nccnc23)C1. The van der Waals surface area contributed by atoms with Crippen molar-refractivity contribution in [2.45, 2.75) is 18.6 Å². The molecule has 4 rings (SSSR count). The lowest BCUT2D eigenvalue weighted by atomic mass is 10.0. The fraction of sp³-hybridized carbons (Fsp3) is 0.278. The number of anilines is 1. The normalized spacial score (nSPS) is 19.0. The van der Waals surface area contributed by atoms with Crippen LogP contribution in [-0.2, 0) is 16.0 Å². The highest BCUT2D eigenvalue weighted by atomic mass is 32.2. The molecule has 0 bridgehead atoms. The monoisotopic (exact) mass is 408 g/mol. The number of nitrogens with one attached hydrogen (secondary N) is 1. The molecule has 0 aliphatic carbocycles. The number of alkyl halides is 3. The molecule has 3 aromatic rings. The molecule has 0 unspecified atom stereocenters. The molecule has 6 nitrogen and oxygen atoms in total. The smallest absolute Gasteiger partial charge is 0.364 e. The largest absolute Gasteiger partial charge is 0.416 e. The molecule has 146 valence electrons. The van der Waals surface area contributed by atoms with Gasteiger partial charge < -0.3 is 5.32 Å². The van der Waals surface area contributed by atoms with E-state index < -0.39 is 21.6 Å². The Morgan fingerprint density at radius 2 is 1.68 bits per heavy atom. The van der Waals surface area contributed by atoms with Crippen LogP contribution in [0.3, 0.4) is 0 Å². The highest BCUT2D eigenvalue weighted by Crippen LogP contribution is 2.33. The first-order valence-corrected chi connectivity index (χ1v) is 10.3. The second-order valence-electron chi connectivity index (χ2n) is 6.59. The molecule has 10 heteroatoms. The zero-order valence-corrected chi connectivity index (χ0v) is 15.3. The quantitative estimate of drug-likeness (QED) is 0.716. The Bertz CT molecular complexity index is 1130. The Kier molecular flexibility index (Phi) is 4.45. The van der Waals surface area contributed by atoms with Gasteiger partial charge >= 0.3 is 6.18 Å². The summed E-state index contributed by atoms with van der Waals surface area (Å²) in [6.07, 6.45) is 0.544. The summed E-state index contributed by atoms with van der Waals surface area (Å²) >= 11 is 0. The molecule has 28 heavy (non-hydrogen) atoms. The topological polar surface area (TPSA) is 84.8 Å². The van der Waals surface area contributed by atoms with Gasteiger partial charge in [0.05, 0.1) is 17.1 Å². The highest BCUT2D eigenvalue weighted by molar-refractivity contribution is 7.91. The number of rotatable bonds is 3. The zero-order chi connectivity index (χ0) is 19.9. The fourth-order valence-electron chi connectivity index (χ4n) is 3.22. The summed E-state index contributed by atoms with van der Waals surface area (Å²) in [5, 5.41) is 3.11. The highest BCUT2D eigenvalue weighted by Gasteiger charge is 2.30. The van der Waals surface area contributed by atoms with Crippen LogP contribution < -0.4 is 5.32 Å². The average molecular weight is 408 g/mol. The molecule has 1 fully saturated rings. The van der Waals surface area contributed by atoms with Gasteiger partial charge in [-0.1, -0.05) is 12.1 Å². The third kappa shape index (κ3) is 3.64. The molecule has 0 saturated carbocycles. The van der Waals surface area contributed by atoms with Crippen LogP contribution in [0, 0.1) is 0 Å². The second-order valence-corrected chi connectivity index (χ2v) is 8.82. The van der Waals surface area contributed by atoms with Gasteiger partial charge in [0.15, 0.2) is 15.7 Å². The summed E-state index contributed by atoms with van der Waals surface area (Å²) in [6, 6.07) is 4.48. The van der Waals surface area contributed by atoms with Crippen LogP contribution in [-0.4, -0.2) is 40.9 Å². The van der Waals surface area contributed by atoms with E-state index in [-0.39, 0.29) is 17.5 Å². The Labute approximate surface area is 158 Å². The van der Waals surface area contributed by atoms with Crippen molar-refractivity contribution in [2.75, 3.05) is 16.8 Å². The van der Waals surface area contributed by atoms with Crippen LogP contribution in [0.1, 0.15) is 12.0 Å². The molecule has 0 amide bonds. The van der Waals surface area contributed by atoms with Crippen molar-refractivity contribution in [3.8, 4) is 11.1 Å². The molecule has 1 saturated heterocycles. The van der Waals surface area contributed by atoms with Crippen LogP contribution in [0.2, 0.25) is 0 Å². The molecule has 1 atom stereocenters. The lowest BCUT2D eigenvalue weighted by Crippen LogP contribution is -2.21. The van der Waals surface area contributed by atoms with Gasteiger partial charge in [-0.25, -0.2) is 18.4 Å². The van der Waals surface area contributed by atoms with Crippen molar-refractivity contribution in [2.24, 2.45) is 0 Å². The van der Waals surface area contributed by atoms with E-state index in [1.807, 2.05) is 0 Å². The lowest BCUT2D eigenvalue weighted by molar-refractivity contribution is -0.137. The molecular weight excluding hydrogens is 393 g/mol. The van der Waals surface area contributed by atoms with Crippen LogP contribution in [0.5, 0.6) is 0 Å². The summed E-state index contributed by atoms with van der Waals surface area (Å²) in [4.78, 5) is 12.9. The molecule has 3 heterocycles.